The maximum Gasteiger partial charge on any atom is 0.270 e. The molecule has 7 heteroatoms. The molecule has 1 atom stereocenters. The zero-order valence-corrected chi connectivity index (χ0v) is 17.1. The van der Waals surface area contributed by atoms with Crippen molar-refractivity contribution in [1.82, 2.24) is 20.1 Å². The Bertz CT molecular complexity index is 987. The summed E-state index contributed by atoms with van der Waals surface area (Å²) in [5.74, 6) is 0.399. The lowest BCUT2D eigenvalue weighted by atomic mass is 9.92. The van der Waals surface area contributed by atoms with Gasteiger partial charge in [-0.1, -0.05) is 30.3 Å². The highest BCUT2D eigenvalue weighted by Gasteiger charge is 2.26. The normalized spacial score (nSPS) is 15.7. The smallest absolute Gasteiger partial charge is 0.270 e. The summed E-state index contributed by atoms with van der Waals surface area (Å²) in [5, 5.41) is 7.70. The number of fused-ring (bicyclic) bond motifs is 1. The first-order valence-corrected chi connectivity index (χ1v) is 10.0. The Labute approximate surface area is 172 Å². The number of pyridine rings is 1. The van der Waals surface area contributed by atoms with Gasteiger partial charge in [0, 0.05) is 11.3 Å². The number of rotatable bonds is 5. The average molecular weight is 441 g/mol. The van der Waals surface area contributed by atoms with E-state index in [9.17, 15) is 4.79 Å². The number of carbonyl (C=O) groups is 1. The fourth-order valence-electron chi connectivity index (χ4n) is 3.59. The lowest BCUT2D eigenvalue weighted by molar-refractivity contribution is 0.0927. The van der Waals surface area contributed by atoms with E-state index >= 15 is 0 Å². The molecule has 6 nitrogen and oxygen atoms in total. The van der Waals surface area contributed by atoms with E-state index in [1.54, 1.807) is 19.2 Å². The Hall–Kier alpha value is -2.67. The molecule has 1 N–H and O–H groups in total. The highest BCUT2D eigenvalue weighted by atomic mass is 79.9. The number of ether oxygens (including phenoxy) is 1. The number of hydrogen-bond acceptors (Lipinski definition) is 4. The molecule has 2 heterocycles. The first-order chi connectivity index (χ1) is 13.7. The third-order valence-electron chi connectivity index (χ3n) is 5.01. The predicted octanol–water partition coefficient (Wildman–Crippen LogP) is 3.90. The number of amides is 1. The van der Waals surface area contributed by atoms with Gasteiger partial charge in [0.2, 0.25) is 0 Å². The zero-order chi connectivity index (χ0) is 19.5. The summed E-state index contributed by atoms with van der Waals surface area (Å²) >= 11 is 3.33. The Kier molecular flexibility index (Phi) is 5.43. The number of carbonyl (C=O) groups excluding carboxylic acids is 1. The van der Waals surface area contributed by atoms with E-state index in [1.807, 2.05) is 29.1 Å². The summed E-state index contributed by atoms with van der Waals surface area (Å²) in [6, 6.07) is 13.6. The van der Waals surface area contributed by atoms with Gasteiger partial charge in [0.15, 0.2) is 5.75 Å². The van der Waals surface area contributed by atoms with E-state index in [2.05, 4.69) is 43.5 Å². The molecule has 0 radical (unpaired) electrons. The lowest BCUT2D eigenvalue weighted by Gasteiger charge is -2.24. The van der Waals surface area contributed by atoms with Gasteiger partial charge >= 0.3 is 0 Å². The van der Waals surface area contributed by atoms with Crippen molar-refractivity contribution in [1.29, 1.82) is 0 Å². The van der Waals surface area contributed by atoms with Crippen LogP contribution in [-0.2, 0) is 13.0 Å². The summed E-state index contributed by atoms with van der Waals surface area (Å²) < 4.78 is 7.74. The molecule has 28 heavy (non-hydrogen) atoms. The number of nitrogens with one attached hydrogen (secondary N) is 1. The Morgan fingerprint density at radius 1 is 1.29 bits per heavy atom. The van der Waals surface area contributed by atoms with Crippen LogP contribution in [0.15, 0.2) is 53.3 Å². The molecule has 4 rings (SSSR count). The molecule has 1 aromatic carbocycles. The van der Waals surface area contributed by atoms with Gasteiger partial charge in [0.1, 0.15) is 10.3 Å². The van der Waals surface area contributed by atoms with Crippen LogP contribution in [0.4, 0.5) is 0 Å². The molecule has 0 spiro atoms. The quantitative estimate of drug-likeness (QED) is 0.610. The van der Waals surface area contributed by atoms with Gasteiger partial charge in [0.25, 0.3) is 5.91 Å². The van der Waals surface area contributed by atoms with Gasteiger partial charge in [-0.05, 0) is 52.9 Å². The van der Waals surface area contributed by atoms with Gasteiger partial charge in [-0.3, -0.25) is 9.48 Å². The van der Waals surface area contributed by atoms with Crippen LogP contribution in [0.3, 0.4) is 0 Å². The fourth-order valence-corrected chi connectivity index (χ4v) is 4.08. The molecule has 0 bridgehead atoms. The third kappa shape index (κ3) is 3.80. The van der Waals surface area contributed by atoms with Crippen LogP contribution < -0.4 is 10.1 Å². The van der Waals surface area contributed by atoms with Crippen molar-refractivity contribution in [3.05, 3.63) is 75.8 Å². The molecular weight excluding hydrogens is 420 g/mol. The standard InChI is InChI=1S/C21H21BrN4O2/c1-28-19-11-10-17(24-20(19)22)21(27)25-16-8-5-9-18-15(16)12-23-26(18)13-14-6-3-2-4-7-14/h2-4,6-7,10-12,16H,5,8-9,13H2,1H3,(H,25,27). The molecule has 3 aromatic rings. The second kappa shape index (κ2) is 8.14. The summed E-state index contributed by atoms with van der Waals surface area (Å²) in [6.45, 7) is 0.740. The maximum atomic E-state index is 12.7. The van der Waals surface area contributed by atoms with Crippen LogP contribution >= 0.6 is 15.9 Å². The summed E-state index contributed by atoms with van der Waals surface area (Å²) in [7, 11) is 1.57. The molecule has 144 valence electrons. The summed E-state index contributed by atoms with van der Waals surface area (Å²) in [4.78, 5) is 17.0. The molecule has 1 amide bonds. The minimum Gasteiger partial charge on any atom is -0.494 e. The van der Waals surface area contributed by atoms with E-state index in [0.717, 1.165) is 31.4 Å². The maximum absolute atomic E-state index is 12.7. The third-order valence-corrected chi connectivity index (χ3v) is 5.58. The van der Waals surface area contributed by atoms with E-state index in [4.69, 9.17) is 4.74 Å². The zero-order valence-electron chi connectivity index (χ0n) is 15.6. The SMILES string of the molecule is COc1ccc(C(=O)NC2CCCc3c2cnn3Cc2ccccc2)nc1Br. The molecule has 1 unspecified atom stereocenters. The summed E-state index contributed by atoms with van der Waals surface area (Å²) in [6.07, 6.45) is 4.77. The van der Waals surface area contributed by atoms with Gasteiger partial charge < -0.3 is 10.1 Å². The minimum atomic E-state index is -0.197. The van der Waals surface area contributed by atoms with Crippen LogP contribution in [0.1, 0.15) is 46.2 Å². The molecule has 0 saturated carbocycles. The Balaban J connectivity index is 1.52. The topological polar surface area (TPSA) is 69.0 Å². The average Bonchev–Trinajstić information content (AvgIpc) is 3.12. The molecule has 1 aliphatic carbocycles. The lowest BCUT2D eigenvalue weighted by Crippen LogP contribution is -2.31. The van der Waals surface area contributed by atoms with Crippen molar-refractivity contribution in [3.8, 4) is 5.75 Å². The first-order valence-electron chi connectivity index (χ1n) is 9.25. The van der Waals surface area contributed by atoms with Crippen molar-refractivity contribution in [2.24, 2.45) is 0 Å². The van der Waals surface area contributed by atoms with Gasteiger partial charge in [-0.15, -0.1) is 0 Å². The fraction of sp³-hybridized carbons (Fsp3) is 0.286. The number of benzene rings is 1. The van der Waals surface area contributed by atoms with Crippen LogP contribution in [0.5, 0.6) is 5.75 Å². The van der Waals surface area contributed by atoms with Crippen LogP contribution in [0.2, 0.25) is 0 Å². The van der Waals surface area contributed by atoms with Crippen molar-refractivity contribution >= 4 is 21.8 Å². The van der Waals surface area contributed by atoms with Crippen LogP contribution in [0.25, 0.3) is 0 Å². The van der Waals surface area contributed by atoms with Crippen LogP contribution in [-0.4, -0.2) is 27.8 Å². The Morgan fingerprint density at radius 3 is 2.86 bits per heavy atom. The number of halogens is 1. The van der Waals surface area contributed by atoms with E-state index in [0.29, 0.717) is 16.0 Å². The van der Waals surface area contributed by atoms with Crippen molar-refractivity contribution < 1.29 is 9.53 Å². The molecule has 1 aliphatic rings. The number of methoxy groups -OCH3 is 1. The van der Waals surface area contributed by atoms with E-state index in [1.165, 1.54) is 11.3 Å². The van der Waals surface area contributed by atoms with Gasteiger partial charge in [0.05, 0.1) is 25.9 Å². The second-order valence-electron chi connectivity index (χ2n) is 6.80. The molecular formula is C21H21BrN4O2. The molecule has 0 aliphatic heterocycles. The van der Waals surface area contributed by atoms with Crippen LogP contribution in [0, 0.1) is 0 Å². The second-order valence-corrected chi connectivity index (χ2v) is 7.55. The molecule has 0 saturated heterocycles. The molecule has 2 aromatic heterocycles. The number of aromatic nitrogens is 3. The molecule has 0 fully saturated rings. The highest BCUT2D eigenvalue weighted by Crippen LogP contribution is 2.30. The Morgan fingerprint density at radius 2 is 2.11 bits per heavy atom. The predicted molar refractivity (Wildman–Crippen MR) is 109 cm³/mol. The van der Waals surface area contributed by atoms with Gasteiger partial charge in [-0.2, -0.15) is 5.10 Å². The minimum absolute atomic E-state index is 0.0524. The van der Waals surface area contributed by atoms with Gasteiger partial charge in [-0.25, -0.2) is 4.98 Å². The number of nitrogens with zero attached hydrogens (tertiary/aromatic N) is 3. The van der Waals surface area contributed by atoms with Crippen molar-refractivity contribution in [3.63, 3.8) is 0 Å². The first kappa shape index (κ1) is 18.7. The van der Waals surface area contributed by atoms with E-state index < -0.39 is 0 Å². The summed E-state index contributed by atoms with van der Waals surface area (Å²) in [5.41, 5.74) is 3.87. The highest BCUT2D eigenvalue weighted by molar-refractivity contribution is 9.10. The number of hydrogen-bond donors (Lipinski definition) is 1. The largest absolute Gasteiger partial charge is 0.494 e. The van der Waals surface area contributed by atoms with E-state index in [-0.39, 0.29) is 11.9 Å². The van der Waals surface area contributed by atoms with Crippen molar-refractivity contribution in [2.75, 3.05) is 7.11 Å². The van der Waals surface area contributed by atoms with Crippen molar-refractivity contribution in [2.45, 2.75) is 31.8 Å². The monoisotopic (exact) mass is 440 g/mol.